The van der Waals surface area contributed by atoms with Gasteiger partial charge in [0, 0.05) is 12.1 Å². The third kappa shape index (κ3) is 2.39. The molecular formula is C14H22N2O. The minimum atomic E-state index is 0.0102. The Morgan fingerprint density at radius 2 is 1.94 bits per heavy atom. The summed E-state index contributed by atoms with van der Waals surface area (Å²) in [4.78, 5) is 0. The van der Waals surface area contributed by atoms with Crippen molar-refractivity contribution in [3.05, 3.63) is 22.8 Å². The lowest BCUT2D eigenvalue weighted by Gasteiger charge is -2.19. The van der Waals surface area contributed by atoms with E-state index in [0.29, 0.717) is 0 Å². The topological polar surface area (TPSA) is 47.3 Å². The number of benzene rings is 1. The fourth-order valence-electron chi connectivity index (χ4n) is 2.13. The van der Waals surface area contributed by atoms with Gasteiger partial charge in [0.15, 0.2) is 0 Å². The average molecular weight is 234 g/mol. The van der Waals surface area contributed by atoms with Crippen molar-refractivity contribution in [1.29, 1.82) is 0 Å². The molecule has 0 saturated heterocycles. The first-order chi connectivity index (χ1) is 7.97. The second-order valence-corrected chi connectivity index (χ2v) is 5.26. The highest BCUT2D eigenvalue weighted by Gasteiger charge is 2.38. The summed E-state index contributed by atoms with van der Waals surface area (Å²) in [5.74, 6) is 0.951. The normalized spacial score (nSPS) is 16.8. The van der Waals surface area contributed by atoms with Gasteiger partial charge in [-0.1, -0.05) is 6.07 Å². The molecule has 0 aliphatic heterocycles. The summed E-state index contributed by atoms with van der Waals surface area (Å²) >= 11 is 0. The van der Waals surface area contributed by atoms with Gasteiger partial charge in [0.05, 0.1) is 12.8 Å². The molecule has 1 aromatic carbocycles. The van der Waals surface area contributed by atoms with Crippen LogP contribution in [0.15, 0.2) is 6.07 Å². The van der Waals surface area contributed by atoms with Gasteiger partial charge in [0.2, 0.25) is 0 Å². The summed E-state index contributed by atoms with van der Waals surface area (Å²) in [6.07, 6.45) is 2.23. The second kappa shape index (κ2) is 4.22. The minimum Gasteiger partial charge on any atom is -0.494 e. The van der Waals surface area contributed by atoms with Crippen LogP contribution in [0.1, 0.15) is 29.5 Å². The molecule has 0 bridgehead atoms. The molecule has 1 aliphatic rings. The largest absolute Gasteiger partial charge is 0.494 e. The lowest BCUT2D eigenvalue weighted by molar-refractivity contribution is 0.412. The van der Waals surface area contributed by atoms with Gasteiger partial charge in [-0.05, 0) is 50.3 Å². The SMILES string of the molecule is COc1c(C)c(C)cc(C)c1NCC1(N)CC1. The number of rotatable bonds is 4. The Morgan fingerprint density at radius 1 is 1.29 bits per heavy atom. The van der Waals surface area contributed by atoms with Crippen molar-refractivity contribution in [1.82, 2.24) is 0 Å². The number of ether oxygens (including phenoxy) is 1. The molecule has 3 N–H and O–H groups in total. The Hall–Kier alpha value is -1.22. The number of anilines is 1. The third-order valence-corrected chi connectivity index (χ3v) is 3.70. The van der Waals surface area contributed by atoms with Gasteiger partial charge in [-0.25, -0.2) is 0 Å². The molecule has 1 saturated carbocycles. The molecule has 0 radical (unpaired) electrons. The van der Waals surface area contributed by atoms with Crippen LogP contribution in [-0.4, -0.2) is 19.2 Å². The summed E-state index contributed by atoms with van der Waals surface area (Å²) < 4.78 is 5.52. The predicted molar refractivity (Wildman–Crippen MR) is 71.8 cm³/mol. The average Bonchev–Trinajstić information content (AvgIpc) is 3.00. The Labute approximate surface area is 103 Å². The monoisotopic (exact) mass is 234 g/mol. The van der Waals surface area contributed by atoms with E-state index in [1.165, 1.54) is 16.7 Å². The molecular weight excluding hydrogens is 212 g/mol. The summed E-state index contributed by atoms with van der Waals surface area (Å²) in [6, 6.07) is 2.19. The molecule has 2 rings (SSSR count). The number of hydrogen-bond donors (Lipinski definition) is 2. The lowest BCUT2D eigenvalue weighted by Crippen LogP contribution is -2.31. The Kier molecular flexibility index (Phi) is 3.04. The fourth-order valence-corrected chi connectivity index (χ4v) is 2.13. The van der Waals surface area contributed by atoms with E-state index >= 15 is 0 Å². The van der Waals surface area contributed by atoms with Crippen molar-refractivity contribution in [3.63, 3.8) is 0 Å². The number of nitrogens with two attached hydrogens (primary N) is 1. The zero-order valence-electron chi connectivity index (χ0n) is 11.2. The Bertz CT molecular complexity index is 436. The van der Waals surface area contributed by atoms with Crippen molar-refractivity contribution in [2.75, 3.05) is 19.0 Å². The van der Waals surface area contributed by atoms with Crippen LogP contribution < -0.4 is 15.8 Å². The van der Waals surface area contributed by atoms with Crippen molar-refractivity contribution in [2.45, 2.75) is 39.2 Å². The number of nitrogens with one attached hydrogen (secondary N) is 1. The number of aryl methyl sites for hydroxylation is 2. The molecule has 0 spiro atoms. The zero-order valence-corrected chi connectivity index (χ0v) is 11.2. The molecule has 0 aromatic heterocycles. The van der Waals surface area contributed by atoms with E-state index < -0.39 is 0 Å². The van der Waals surface area contributed by atoms with Crippen LogP contribution in [0.5, 0.6) is 5.75 Å². The molecule has 3 nitrogen and oxygen atoms in total. The summed E-state index contributed by atoms with van der Waals surface area (Å²) in [7, 11) is 1.72. The van der Waals surface area contributed by atoms with E-state index in [0.717, 1.165) is 30.8 Å². The van der Waals surface area contributed by atoms with Crippen LogP contribution in [-0.2, 0) is 0 Å². The lowest BCUT2D eigenvalue weighted by atomic mass is 10.0. The van der Waals surface area contributed by atoms with Crippen molar-refractivity contribution in [3.8, 4) is 5.75 Å². The second-order valence-electron chi connectivity index (χ2n) is 5.26. The fraction of sp³-hybridized carbons (Fsp3) is 0.571. The van der Waals surface area contributed by atoms with Gasteiger partial charge < -0.3 is 15.8 Å². The maximum absolute atomic E-state index is 6.10. The van der Waals surface area contributed by atoms with Gasteiger partial charge in [-0.2, -0.15) is 0 Å². The van der Waals surface area contributed by atoms with Crippen LogP contribution in [0.4, 0.5) is 5.69 Å². The molecule has 3 heteroatoms. The van der Waals surface area contributed by atoms with Gasteiger partial charge in [0.25, 0.3) is 0 Å². The van der Waals surface area contributed by atoms with Crippen molar-refractivity contribution < 1.29 is 4.74 Å². The van der Waals surface area contributed by atoms with Crippen LogP contribution >= 0.6 is 0 Å². The quantitative estimate of drug-likeness (QED) is 0.841. The summed E-state index contributed by atoms with van der Waals surface area (Å²) in [5, 5.41) is 3.45. The van der Waals surface area contributed by atoms with E-state index in [4.69, 9.17) is 10.5 Å². The van der Waals surface area contributed by atoms with E-state index in [1.54, 1.807) is 7.11 Å². The van der Waals surface area contributed by atoms with Gasteiger partial charge >= 0.3 is 0 Å². The Balaban J connectivity index is 2.27. The van der Waals surface area contributed by atoms with Crippen LogP contribution in [0, 0.1) is 20.8 Å². The van der Waals surface area contributed by atoms with E-state index in [2.05, 4.69) is 32.2 Å². The molecule has 0 amide bonds. The van der Waals surface area contributed by atoms with Crippen molar-refractivity contribution >= 4 is 5.69 Å². The predicted octanol–water partition coefficient (Wildman–Crippen LogP) is 2.52. The van der Waals surface area contributed by atoms with E-state index in [-0.39, 0.29) is 5.54 Å². The first kappa shape index (κ1) is 12.2. The molecule has 94 valence electrons. The molecule has 0 atom stereocenters. The standard InChI is InChI=1S/C14H22N2O/c1-9-7-10(2)12(13(17-4)11(9)3)16-8-14(15)5-6-14/h7,16H,5-6,8,15H2,1-4H3. The smallest absolute Gasteiger partial charge is 0.145 e. The molecule has 0 heterocycles. The van der Waals surface area contributed by atoms with E-state index in [9.17, 15) is 0 Å². The van der Waals surface area contributed by atoms with Crippen LogP contribution in [0.2, 0.25) is 0 Å². The highest BCUT2D eigenvalue weighted by Crippen LogP contribution is 2.37. The molecule has 0 unspecified atom stereocenters. The Morgan fingerprint density at radius 3 is 2.47 bits per heavy atom. The zero-order chi connectivity index (χ0) is 12.6. The highest BCUT2D eigenvalue weighted by molar-refractivity contribution is 5.66. The number of hydrogen-bond acceptors (Lipinski definition) is 3. The molecule has 1 aromatic rings. The number of methoxy groups -OCH3 is 1. The maximum Gasteiger partial charge on any atom is 0.145 e. The third-order valence-electron chi connectivity index (χ3n) is 3.70. The van der Waals surface area contributed by atoms with Gasteiger partial charge in [-0.15, -0.1) is 0 Å². The van der Waals surface area contributed by atoms with Crippen LogP contribution in [0.3, 0.4) is 0 Å². The first-order valence-electron chi connectivity index (χ1n) is 6.14. The van der Waals surface area contributed by atoms with Gasteiger partial charge in [0.1, 0.15) is 5.75 Å². The first-order valence-corrected chi connectivity index (χ1v) is 6.14. The molecule has 17 heavy (non-hydrogen) atoms. The minimum absolute atomic E-state index is 0.0102. The molecule has 1 fully saturated rings. The van der Waals surface area contributed by atoms with Gasteiger partial charge in [-0.3, -0.25) is 0 Å². The van der Waals surface area contributed by atoms with Crippen molar-refractivity contribution in [2.24, 2.45) is 5.73 Å². The summed E-state index contributed by atoms with van der Waals surface area (Å²) in [6.45, 7) is 7.13. The highest BCUT2D eigenvalue weighted by atomic mass is 16.5. The van der Waals surface area contributed by atoms with E-state index in [1.807, 2.05) is 0 Å². The molecule has 1 aliphatic carbocycles. The summed E-state index contributed by atoms with van der Waals surface area (Å²) in [5.41, 5.74) is 10.9. The maximum atomic E-state index is 6.10. The van der Waals surface area contributed by atoms with Crippen LogP contribution in [0.25, 0.3) is 0 Å².